The number of urea groups is 1. The van der Waals surface area contributed by atoms with Gasteiger partial charge in [0.1, 0.15) is 0 Å². The molecule has 2 amide bonds. The van der Waals surface area contributed by atoms with Crippen LogP contribution in [-0.4, -0.2) is 33.4 Å². The highest BCUT2D eigenvalue weighted by Gasteiger charge is 2.31. The number of amides is 2. The van der Waals surface area contributed by atoms with Crippen LogP contribution in [-0.2, 0) is 18.4 Å². The van der Waals surface area contributed by atoms with Crippen molar-refractivity contribution >= 4 is 12.0 Å². The van der Waals surface area contributed by atoms with Crippen molar-refractivity contribution in [3.63, 3.8) is 0 Å². The van der Waals surface area contributed by atoms with Gasteiger partial charge >= 0.3 is 12.0 Å². The number of carboxylic acids is 1. The molecule has 1 heterocycles. The van der Waals surface area contributed by atoms with E-state index in [1.807, 2.05) is 14.0 Å². The number of nitrogens with zero attached hydrogens (tertiary/aromatic N) is 2. The number of aryl methyl sites for hydroxylation is 1. The van der Waals surface area contributed by atoms with Gasteiger partial charge in [-0.25, -0.2) is 4.79 Å². The van der Waals surface area contributed by atoms with E-state index in [-0.39, 0.29) is 12.6 Å². The molecule has 0 radical (unpaired) electrons. The minimum absolute atomic E-state index is 0.0939. The van der Waals surface area contributed by atoms with Crippen molar-refractivity contribution in [2.45, 2.75) is 33.7 Å². The largest absolute Gasteiger partial charge is 0.481 e. The Bertz CT molecular complexity index is 498. The zero-order valence-corrected chi connectivity index (χ0v) is 12.4. The summed E-state index contributed by atoms with van der Waals surface area (Å²) in [6, 6.07) is -0.380. The first kappa shape index (κ1) is 16.0. The van der Waals surface area contributed by atoms with E-state index in [0.717, 1.165) is 11.3 Å². The van der Waals surface area contributed by atoms with Crippen molar-refractivity contribution in [3.8, 4) is 0 Å². The molecule has 1 rings (SSSR count). The molecule has 1 aromatic heterocycles. The Hall–Kier alpha value is -2.05. The molecule has 0 spiro atoms. The lowest BCUT2D eigenvalue weighted by Crippen LogP contribution is -2.44. The van der Waals surface area contributed by atoms with Crippen LogP contribution in [0.1, 0.15) is 31.5 Å². The minimum Gasteiger partial charge on any atom is -0.481 e. The highest BCUT2D eigenvalue weighted by Crippen LogP contribution is 2.19. The summed E-state index contributed by atoms with van der Waals surface area (Å²) >= 11 is 0. The molecule has 0 bridgehead atoms. The molecular weight excluding hydrogens is 260 g/mol. The fraction of sp³-hybridized carbons (Fsp3) is 0.615. The van der Waals surface area contributed by atoms with Crippen molar-refractivity contribution in [1.29, 1.82) is 0 Å². The first-order valence-electron chi connectivity index (χ1n) is 6.52. The monoisotopic (exact) mass is 282 g/mol. The van der Waals surface area contributed by atoms with Crippen molar-refractivity contribution in [1.82, 2.24) is 20.4 Å². The summed E-state index contributed by atoms with van der Waals surface area (Å²) in [4.78, 5) is 22.8. The molecule has 7 heteroatoms. The summed E-state index contributed by atoms with van der Waals surface area (Å²) in [6.07, 6.45) is 2.15. The molecule has 3 N–H and O–H groups in total. The quantitative estimate of drug-likeness (QED) is 0.726. The van der Waals surface area contributed by atoms with Crippen molar-refractivity contribution < 1.29 is 14.7 Å². The first-order chi connectivity index (χ1) is 9.30. The molecule has 0 aliphatic carbocycles. The highest BCUT2D eigenvalue weighted by atomic mass is 16.4. The van der Waals surface area contributed by atoms with E-state index < -0.39 is 11.4 Å². The van der Waals surface area contributed by atoms with Gasteiger partial charge in [0.2, 0.25) is 0 Å². The van der Waals surface area contributed by atoms with Crippen LogP contribution in [0, 0.1) is 12.3 Å². The maximum absolute atomic E-state index is 11.7. The Morgan fingerprint density at radius 3 is 2.55 bits per heavy atom. The van der Waals surface area contributed by atoms with Gasteiger partial charge in [-0.1, -0.05) is 6.92 Å². The third kappa shape index (κ3) is 3.72. The summed E-state index contributed by atoms with van der Waals surface area (Å²) in [5, 5.41) is 18.5. The Kier molecular flexibility index (Phi) is 5.12. The summed E-state index contributed by atoms with van der Waals surface area (Å²) in [5.41, 5.74) is 0.968. The van der Waals surface area contributed by atoms with Crippen LogP contribution >= 0.6 is 0 Å². The fourth-order valence-electron chi connectivity index (χ4n) is 1.58. The number of aliphatic carboxylic acids is 1. The Morgan fingerprint density at radius 1 is 1.45 bits per heavy atom. The van der Waals surface area contributed by atoms with Crippen molar-refractivity contribution in [3.05, 3.63) is 17.5 Å². The number of carboxylic acid groups (broad SMARTS) is 1. The molecule has 1 unspecified atom stereocenters. The molecule has 0 saturated carbocycles. The van der Waals surface area contributed by atoms with Crippen molar-refractivity contribution in [2.75, 3.05) is 6.54 Å². The zero-order valence-electron chi connectivity index (χ0n) is 12.4. The molecule has 1 aromatic rings. The maximum atomic E-state index is 11.7. The van der Waals surface area contributed by atoms with E-state index in [2.05, 4.69) is 15.7 Å². The normalized spacial score (nSPS) is 13.6. The van der Waals surface area contributed by atoms with Gasteiger partial charge in [0.15, 0.2) is 0 Å². The van der Waals surface area contributed by atoms with Gasteiger partial charge in [-0.05, 0) is 20.3 Å². The van der Waals surface area contributed by atoms with E-state index >= 15 is 0 Å². The van der Waals surface area contributed by atoms with Gasteiger partial charge in [0.25, 0.3) is 0 Å². The lowest BCUT2D eigenvalue weighted by atomic mass is 9.88. The number of carbonyl (C=O) groups excluding carboxylic acids is 1. The predicted octanol–water partition coefficient (Wildman–Crippen LogP) is 1.03. The SMILES string of the molecule is CCC(C)(CNC(=O)NCc1cnn(C)c1C)C(=O)O. The van der Waals surface area contributed by atoms with Crippen LogP contribution in [0.4, 0.5) is 4.79 Å². The van der Waals surface area contributed by atoms with E-state index in [1.165, 1.54) is 0 Å². The second-order valence-corrected chi connectivity index (χ2v) is 5.13. The molecule has 112 valence electrons. The van der Waals surface area contributed by atoms with Gasteiger partial charge in [-0.3, -0.25) is 9.48 Å². The topological polar surface area (TPSA) is 96.3 Å². The number of hydrogen-bond donors (Lipinski definition) is 3. The minimum atomic E-state index is -0.943. The Balaban J connectivity index is 2.45. The van der Waals surface area contributed by atoms with Gasteiger partial charge in [0, 0.05) is 31.4 Å². The van der Waals surface area contributed by atoms with E-state index in [9.17, 15) is 9.59 Å². The summed E-state index contributed by atoms with van der Waals surface area (Å²) in [7, 11) is 1.83. The molecule has 0 fully saturated rings. The average Bonchev–Trinajstić information content (AvgIpc) is 2.73. The lowest BCUT2D eigenvalue weighted by Gasteiger charge is -2.23. The lowest BCUT2D eigenvalue weighted by molar-refractivity contribution is -0.147. The second kappa shape index (κ2) is 6.40. The highest BCUT2D eigenvalue weighted by molar-refractivity contribution is 5.77. The molecule has 0 saturated heterocycles. The molecule has 0 aliphatic heterocycles. The molecule has 0 aromatic carbocycles. The predicted molar refractivity (Wildman–Crippen MR) is 74.2 cm³/mol. The number of nitrogens with one attached hydrogen (secondary N) is 2. The average molecular weight is 282 g/mol. The summed E-state index contributed by atoms with van der Waals surface area (Å²) < 4.78 is 1.73. The van der Waals surface area contributed by atoms with Crippen LogP contribution in [0.25, 0.3) is 0 Å². The van der Waals surface area contributed by atoms with Crippen LogP contribution in [0.2, 0.25) is 0 Å². The number of aromatic nitrogens is 2. The van der Waals surface area contributed by atoms with Crippen LogP contribution in [0.5, 0.6) is 0 Å². The molecule has 0 aliphatic rings. The molecular formula is C13H22N4O3. The standard InChI is InChI=1S/C13H22N4O3/c1-5-13(3,11(18)19)8-15-12(20)14-6-10-7-16-17(4)9(10)2/h7H,5-6,8H2,1-4H3,(H,18,19)(H2,14,15,20). The number of carbonyl (C=O) groups is 2. The third-order valence-corrected chi connectivity index (χ3v) is 3.71. The molecule has 7 nitrogen and oxygen atoms in total. The van der Waals surface area contributed by atoms with E-state index in [4.69, 9.17) is 5.11 Å². The summed E-state index contributed by atoms with van der Waals surface area (Å²) in [5.74, 6) is -0.914. The van der Waals surface area contributed by atoms with E-state index in [1.54, 1.807) is 24.7 Å². The molecule has 20 heavy (non-hydrogen) atoms. The van der Waals surface area contributed by atoms with Gasteiger partial charge in [-0.2, -0.15) is 5.10 Å². The fourth-order valence-corrected chi connectivity index (χ4v) is 1.58. The number of hydrogen-bond acceptors (Lipinski definition) is 3. The van der Waals surface area contributed by atoms with Gasteiger partial charge < -0.3 is 15.7 Å². The second-order valence-electron chi connectivity index (χ2n) is 5.13. The smallest absolute Gasteiger partial charge is 0.315 e. The maximum Gasteiger partial charge on any atom is 0.315 e. The third-order valence-electron chi connectivity index (χ3n) is 3.71. The Labute approximate surface area is 118 Å². The van der Waals surface area contributed by atoms with Gasteiger partial charge in [-0.15, -0.1) is 0 Å². The van der Waals surface area contributed by atoms with Crippen LogP contribution < -0.4 is 10.6 Å². The van der Waals surface area contributed by atoms with Crippen LogP contribution in [0.15, 0.2) is 6.20 Å². The summed E-state index contributed by atoms with van der Waals surface area (Å²) in [6.45, 7) is 5.77. The first-order valence-corrected chi connectivity index (χ1v) is 6.52. The zero-order chi connectivity index (χ0) is 15.3. The van der Waals surface area contributed by atoms with Crippen molar-refractivity contribution in [2.24, 2.45) is 12.5 Å². The van der Waals surface area contributed by atoms with Gasteiger partial charge in [0.05, 0.1) is 11.6 Å². The Morgan fingerprint density at radius 2 is 2.10 bits per heavy atom. The van der Waals surface area contributed by atoms with Crippen LogP contribution in [0.3, 0.4) is 0 Å². The number of rotatable bonds is 6. The van der Waals surface area contributed by atoms with E-state index in [0.29, 0.717) is 13.0 Å². The molecule has 1 atom stereocenters.